The van der Waals surface area contributed by atoms with Gasteiger partial charge < -0.3 is 19.7 Å². The first-order chi connectivity index (χ1) is 24.9. The second-order valence-electron chi connectivity index (χ2n) is 11.3. The van der Waals surface area contributed by atoms with Crippen LogP contribution in [-0.4, -0.2) is 81.8 Å². The second-order valence-corrected chi connectivity index (χ2v) is 11.3. The van der Waals surface area contributed by atoms with Crippen LogP contribution >= 0.6 is 0 Å². The van der Waals surface area contributed by atoms with Crippen molar-refractivity contribution in [3.05, 3.63) is 98.3 Å². The van der Waals surface area contributed by atoms with Gasteiger partial charge in [-0.25, -0.2) is 37.3 Å². The van der Waals surface area contributed by atoms with Crippen LogP contribution in [0.15, 0.2) is 64.6 Å². The fourth-order valence-corrected chi connectivity index (χ4v) is 5.75. The summed E-state index contributed by atoms with van der Waals surface area (Å²) in [5, 5.41) is 3.16. The SMILES string of the molecule is CC.CC(F)F.COC(=O)[C@H](Cc1ccc(-n2c(=O)c3nccnc3n(C)c2=O)c2ncccc12)NC(=O)c1c(C)cc(N2CCOCC2)cc1F. The average molecular weight is 724 g/mol. The number of pyridine rings is 1. The highest BCUT2D eigenvalue weighted by Gasteiger charge is 2.27. The van der Waals surface area contributed by atoms with Crippen molar-refractivity contribution in [1.29, 1.82) is 0 Å². The Morgan fingerprint density at radius 2 is 1.65 bits per heavy atom. The molecule has 2 aromatic carbocycles. The number of rotatable bonds is 7. The van der Waals surface area contributed by atoms with Crippen molar-refractivity contribution in [2.75, 3.05) is 38.3 Å². The number of esters is 1. The molecule has 5 aromatic rings. The third kappa shape index (κ3) is 8.45. The number of ether oxygens (including phenoxy) is 2. The van der Waals surface area contributed by atoms with Crippen LogP contribution in [0.2, 0.25) is 0 Å². The van der Waals surface area contributed by atoms with E-state index in [9.17, 15) is 28.0 Å². The number of aryl methyl sites for hydroxylation is 2. The highest BCUT2D eigenvalue weighted by Crippen LogP contribution is 2.26. The van der Waals surface area contributed by atoms with Crippen molar-refractivity contribution in [3.8, 4) is 5.69 Å². The minimum atomic E-state index is -2.17. The molecule has 1 saturated heterocycles. The van der Waals surface area contributed by atoms with Crippen molar-refractivity contribution in [2.24, 2.45) is 7.05 Å². The summed E-state index contributed by atoms with van der Waals surface area (Å²) in [7, 11) is 2.68. The van der Waals surface area contributed by atoms with Gasteiger partial charge in [0, 0.05) is 56.2 Å². The number of carbonyl (C=O) groups excluding carboxylic acids is 2. The molecule has 276 valence electrons. The summed E-state index contributed by atoms with van der Waals surface area (Å²) in [5.41, 5.74) is 0.785. The number of morpholine rings is 1. The standard InChI is InChI=1S/C32H30FN7O6.C2H4F2.C2H6/c1-18-15-20(39-11-13-46-14-12-39)17-22(33)25(18)29(41)37-23(31(43)45-3)16-19-6-7-24(26-21(19)5-4-8-34-26)40-30(42)27-28(36-10-9-35-27)38(2)32(40)44;1-2(3)4;1-2/h4-10,15,17,23H,11-14,16H2,1-3H3,(H,37,41);2H,1H3;1-2H3/t23-;;/m0../s1. The molecular formula is C36H40F3N7O6. The van der Waals surface area contributed by atoms with Gasteiger partial charge in [0.1, 0.15) is 11.9 Å². The van der Waals surface area contributed by atoms with Gasteiger partial charge >= 0.3 is 11.7 Å². The van der Waals surface area contributed by atoms with E-state index in [1.165, 1.54) is 43.4 Å². The molecular weight excluding hydrogens is 683 g/mol. The first-order valence-electron chi connectivity index (χ1n) is 16.5. The summed E-state index contributed by atoms with van der Waals surface area (Å²) in [5.74, 6) is -2.23. The van der Waals surface area contributed by atoms with Gasteiger partial charge in [-0.2, -0.15) is 0 Å². The zero-order valence-electron chi connectivity index (χ0n) is 29.7. The molecule has 0 radical (unpaired) electrons. The molecule has 16 heteroatoms. The summed E-state index contributed by atoms with van der Waals surface area (Å²) < 4.78 is 48.6. The van der Waals surface area contributed by atoms with Crippen LogP contribution in [0.25, 0.3) is 27.8 Å². The molecule has 1 aliphatic rings. The van der Waals surface area contributed by atoms with Crippen molar-refractivity contribution in [1.82, 2.24) is 29.4 Å². The number of hydrogen-bond donors (Lipinski definition) is 1. The Hall–Kier alpha value is -5.64. The van der Waals surface area contributed by atoms with Crippen molar-refractivity contribution < 1.29 is 32.2 Å². The van der Waals surface area contributed by atoms with Gasteiger partial charge in [-0.1, -0.05) is 26.0 Å². The first kappa shape index (κ1) is 39.2. The Labute approximate surface area is 297 Å². The minimum absolute atomic E-state index is 0.00623. The summed E-state index contributed by atoms with van der Waals surface area (Å²) in [4.78, 5) is 67.8. The molecule has 4 heterocycles. The zero-order valence-corrected chi connectivity index (χ0v) is 29.7. The van der Waals surface area contributed by atoms with Gasteiger partial charge in [0.15, 0.2) is 11.2 Å². The smallest absolute Gasteiger partial charge is 0.337 e. The largest absolute Gasteiger partial charge is 0.467 e. The number of nitrogens with one attached hydrogen (secondary N) is 1. The molecule has 6 rings (SSSR count). The number of anilines is 1. The van der Waals surface area contributed by atoms with Crippen LogP contribution in [0.1, 0.15) is 42.3 Å². The van der Waals surface area contributed by atoms with Crippen molar-refractivity contribution >= 4 is 39.6 Å². The number of halogens is 3. The van der Waals surface area contributed by atoms with Crippen LogP contribution in [0.5, 0.6) is 0 Å². The molecule has 52 heavy (non-hydrogen) atoms. The third-order valence-corrected chi connectivity index (χ3v) is 8.05. The number of hydrogen-bond acceptors (Lipinski definition) is 10. The van der Waals surface area contributed by atoms with Gasteiger partial charge in [0.2, 0.25) is 6.43 Å². The second kappa shape index (κ2) is 17.5. The highest BCUT2D eigenvalue weighted by atomic mass is 19.3. The maximum absolute atomic E-state index is 15.4. The third-order valence-electron chi connectivity index (χ3n) is 8.05. The van der Waals surface area contributed by atoms with Crippen LogP contribution in [-0.2, 0) is 27.7 Å². The van der Waals surface area contributed by atoms with Crippen molar-refractivity contribution in [3.63, 3.8) is 0 Å². The molecule has 13 nitrogen and oxygen atoms in total. The molecule has 0 saturated carbocycles. The molecule has 1 fully saturated rings. The van der Waals surface area contributed by atoms with Crippen molar-refractivity contribution in [2.45, 2.75) is 46.6 Å². The van der Waals surface area contributed by atoms with E-state index in [1.54, 1.807) is 37.3 Å². The monoisotopic (exact) mass is 723 g/mol. The lowest BCUT2D eigenvalue weighted by atomic mass is 9.99. The predicted molar refractivity (Wildman–Crippen MR) is 190 cm³/mol. The Balaban J connectivity index is 0.000000944. The molecule has 0 spiro atoms. The number of nitrogens with zero attached hydrogens (tertiary/aromatic N) is 6. The van der Waals surface area contributed by atoms with Crippen LogP contribution in [0.4, 0.5) is 18.9 Å². The van der Waals surface area contributed by atoms with E-state index in [0.29, 0.717) is 54.0 Å². The van der Waals surface area contributed by atoms with E-state index in [-0.39, 0.29) is 28.8 Å². The van der Waals surface area contributed by atoms with Gasteiger partial charge in [0.25, 0.3) is 11.5 Å². The van der Waals surface area contributed by atoms with Gasteiger partial charge in [-0.05, 0) is 49.2 Å². The number of amides is 1. The van der Waals surface area contributed by atoms with Crippen LogP contribution in [0, 0.1) is 12.7 Å². The minimum Gasteiger partial charge on any atom is -0.467 e. The molecule has 3 aromatic heterocycles. The molecule has 1 atom stereocenters. The Bertz CT molecular complexity index is 2160. The van der Waals surface area contributed by atoms with Gasteiger partial charge in [-0.15, -0.1) is 0 Å². The molecule has 0 bridgehead atoms. The van der Waals surface area contributed by atoms with Gasteiger partial charge in [0.05, 0.1) is 37.1 Å². The molecule has 0 aliphatic carbocycles. The van der Waals surface area contributed by atoms with E-state index in [1.807, 2.05) is 18.7 Å². The highest BCUT2D eigenvalue weighted by molar-refractivity contribution is 5.99. The molecule has 0 unspecified atom stereocenters. The topological polar surface area (TPSA) is 151 Å². The van der Waals surface area contributed by atoms with E-state index in [2.05, 4.69) is 20.3 Å². The predicted octanol–water partition coefficient (Wildman–Crippen LogP) is 4.12. The molecule has 1 aliphatic heterocycles. The Morgan fingerprint density at radius 1 is 1.00 bits per heavy atom. The van der Waals surface area contributed by atoms with E-state index >= 15 is 4.39 Å². The maximum Gasteiger partial charge on any atom is 0.337 e. The fourth-order valence-electron chi connectivity index (χ4n) is 5.75. The van der Waals surface area contributed by atoms with E-state index in [4.69, 9.17) is 9.47 Å². The number of alkyl halides is 2. The number of fused-ring (bicyclic) bond motifs is 2. The lowest BCUT2D eigenvalue weighted by Crippen LogP contribution is -2.43. The number of methoxy groups -OCH3 is 1. The lowest BCUT2D eigenvalue weighted by Gasteiger charge is -2.29. The molecule has 1 N–H and O–H groups in total. The zero-order chi connectivity index (χ0) is 38.1. The number of benzene rings is 2. The lowest BCUT2D eigenvalue weighted by molar-refractivity contribution is -0.142. The summed E-state index contributed by atoms with van der Waals surface area (Å²) in [6.07, 6.45) is 2.05. The first-order valence-corrected chi connectivity index (χ1v) is 16.5. The normalized spacial score (nSPS) is 13.2. The fraction of sp³-hybridized carbons (Fsp3) is 0.361. The quantitative estimate of drug-likeness (QED) is 0.243. The van der Waals surface area contributed by atoms with E-state index < -0.39 is 41.4 Å². The Kier molecular flexibility index (Phi) is 13.2. The number of carbonyl (C=O) groups is 2. The Morgan fingerprint density at radius 3 is 2.31 bits per heavy atom. The van der Waals surface area contributed by atoms with Crippen LogP contribution < -0.4 is 21.5 Å². The average Bonchev–Trinajstić information content (AvgIpc) is 3.14. The van der Waals surface area contributed by atoms with Gasteiger partial charge in [-0.3, -0.25) is 19.1 Å². The maximum atomic E-state index is 15.4. The van der Waals surface area contributed by atoms with Crippen LogP contribution in [0.3, 0.4) is 0 Å². The summed E-state index contributed by atoms with van der Waals surface area (Å²) in [6, 6.07) is 8.42. The summed E-state index contributed by atoms with van der Waals surface area (Å²) >= 11 is 0. The summed E-state index contributed by atoms with van der Waals surface area (Å²) in [6.45, 7) is 8.74. The number of aromatic nitrogens is 5. The van der Waals surface area contributed by atoms with E-state index in [0.717, 1.165) is 11.5 Å². The molecule has 1 amide bonds.